The number of alkyl halides is 1. The van der Waals surface area contributed by atoms with Crippen LogP contribution in [0.1, 0.15) is 25.0 Å². The standard InChI is InChI=1S/C14H20ClNO2/c1-4-12-7-5-6-10(2)14(12)16(11(3)9-17)13(18)8-15/h5-7,11,17H,4,8-9H2,1-3H3/t11-/m0/s1. The Balaban J connectivity index is 3.32. The zero-order chi connectivity index (χ0) is 13.7. The van der Waals surface area contributed by atoms with Crippen LogP contribution in [-0.2, 0) is 11.2 Å². The minimum atomic E-state index is -0.275. The van der Waals surface area contributed by atoms with Gasteiger partial charge in [-0.1, -0.05) is 25.1 Å². The first kappa shape index (κ1) is 15.0. The summed E-state index contributed by atoms with van der Waals surface area (Å²) in [4.78, 5) is 13.6. The van der Waals surface area contributed by atoms with Gasteiger partial charge in [-0.3, -0.25) is 4.79 Å². The number of carbonyl (C=O) groups excluding carboxylic acids is 1. The lowest BCUT2D eigenvalue weighted by Crippen LogP contribution is -2.42. The number of rotatable bonds is 5. The van der Waals surface area contributed by atoms with E-state index in [0.29, 0.717) is 0 Å². The number of hydrogen-bond acceptors (Lipinski definition) is 2. The molecule has 1 rings (SSSR count). The second-order valence-electron chi connectivity index (χ2n) is 4.37. The summed E-state index contributed by atoms with van der Waals surface area (Å²) in [6.45, 7) is 5.74. The Hall–Kier alpha value is -1.06. The van der Waals surface area contributed by atoms with E-state index in [4.69, 9.17) is 11.6 Å². The fourth-order valence-electron chi connectivity index (χ4n) is 2.09. The van der Waals surface area contributed by atoms with Crippen molar-refractivity contribution in [2.75, 3.05) is 17.4 Å². The Morgan fingerprint density at radius 2 is 2.17 bits per heavy atom. The average molecular weight is 270 g/mol. The summed E-state index contributed by atoms with van der Waals surface area (Å²) < 4.78 is 0. The van der Waals surface area contributed by atoms with Crippen molar-refractivity contribution in [3.05, 3.63) is 29.3 Å². The molecule has 0 aromatic heterocycles. The zero-order valence-electron chi connectivity index (χ0n) is 11.1. The molecule has 1 atom stereocenters. The molecule has 0 radical (unpaired) electrons. The number of aliphatic hydroxyl groups is 1. The lowest BCUT2D eigenvalue weighted by atomic mass is 10.0. The molecule has 1 aromatic rings. The molecule has 0 aliphatic heterocycles. The highest BCUT2D eigenvalue weighted by molar-refractivity contribution is 6.29. The van der Waals surface area contributed by atoms with Crippen LogP contribution in [0.25, 0.3) is 0 Å². The van der Waals surface area contributed by atoms with Gasteiger partial charge in [0.1, 0.15) is 5.88 Å². The third kappa shape index (κ3) is 3.03. The van der Waals surface area contributed by atoms with Gasteiger partial charge in [0.05, 0.1) is 18.3 Å². The maximum Gasteiger partial charge on any atom is 0.242 e. The molecule has 0 bridgehead atoms. The van der Waals surface area contributed by atoms with Crippen molar-refractivity contribution in [1.82, 2.24) is 0 Å². The third-order valence-electron chi connectivity index (χ3n) is 3.03. The molecule has 1 aromatic carbocycles. The van der Waals surface area contributed by atoms with E-state index in [0.717, 1.165) is 23.2 Å². The van der Waals surface area contributed by atoms with Gasteiger partial charge in [0.15, 0.2) is 0 Å². The van der Waals surface area contributed by atoms with Crippen molar-refractivity contribution in [3.63, 3.8) is 0 Å². The summed E-state index contributed by atoms with van der Waals surface area (Å²) in [5, 5.41) is 9.33. The van der Waals surface area contributed by atoms with E-state index >= 15 is 0 Å². The molecule has 0 saturated heterocycles. The topological polar surface area (TPSA) is 40.5 Å². The molecule has 4 heteroatoms. The molecule has 0 saturated carbocycles. The van der Waals surface area contributed by atoms with Crippen LogP contribution in [0.2, 0.25) is 0 Å². The van der Waals surface area contributed by atoms with Crippen LogP contribution in [0.3, 0.4) is 0 Å². The quantitative estimate of drug-likeness (QED) is 0.835. The number of amides is 1. The highest BCUT2D eigenvalue weighted by Gasteiger charge is 2.24. The van der Waals surface area contributed by atoms with Crippen LogP contribution < -0.4 is 4.90 Å². The zero-order valence-corrected chi connectivity index (χ0v) is 11.9. The van der Waals surface area contributed by atoms with Crippen molar-refractivity contribution in [3.8, 4) is 0 Å². The van der Waals surface area contributed by atoms with E-state index in [2.05, 4.69) is 0 Å². The van der Waals surface area contributed by atoms with Gasteiger partial charge >= 0.3 is 0 Å². The van der Waals surface area contributed by atoms with Crippen molar-refractivity contribution >= 4 is 23.2 Å². The summed E-state index contributed by atoms with van der Waals surface area (Å²) in [5.74, 6) is -0.260. The second kappa shape index (κ2) is 6.76. The third-order valence-corrected chi connectivity index (χ3v) is 3.26. The van der Waals surface area contributed by atoms with Crippen molar-refractivity contribution < 1.29 is 9.90 Å². The van der Waals surface area contributed by atoms with Crippen molar-refractivity contribution in [2.24, 2.45) is 0 Å². The summed E-state index contributed by atoms with van der Waals surface area (Å²) in [5.41, 5.74) is 2.99. The molecule has 1 amide bonds. The summed E-state index contributed by atoms with van der Waals surface area (Å²) in [6, 6.07) is 5.67. The summed E-state index contributed by atoms with van der Waals surface area (Å²) in [6.07, 6.45) is 0.835. The Labute approximate surface area is 113 Å². The van der Waals surface area contributed by atoms with E-state index in [1.807, 2.05) is 39.0 Å². The Morgan fingerprint density at radius 1 is 1.50 bits per heavy atom. The molecular weight excluding hydrogens is 250 g/mol. The predicted octanol–water partition coefficient (Wildman–Crippen LogP) is 2.51. The van der Waals surface area contributed by atoms with Gasteiger partial charge in [0.25, 0.3) is 0 Å². The fraction of sp³-hybridized carbons (Fsp3) is 0.500. The van der Waals surface area contributed by atoms with Crippen LogP contribution >= 0.6 is 11.6 Å². The Bertz CT molecular complexity index is 420. The van der Waals surface area contributed by atoms with E-state index in [1.165, 1.54) is 0 Å². The van der Waals surface area contributed by atoms with E-state index in [9.17, 15) is 9.90 Å². The van der Waals surface area contributed by atoms with E-state index < -0.39 is 0 Å². The molecule has 3 nitrogen and oxygen atoms in total. The van der Waals surface area contributed by atoms with Crippen molar-refractivity contribution in [2.45, 2.75) is 33.2 Å². The van der Waals surface area contributed by atoms with Gasteiger partial charge in [-0.05, 0) is 31.4 Å². The number of halogens is 1. The first-order valence-electron chi connectivity index (χ1n) is 6.14. The van der Waals surface area contributed by atoms with Gasteiger partial charge < -0.3 is 10.0 Å². The smallest absolute Gasteiger partial charge is 0.242 e. The number of carbonyl (C=O) groups is 1. The number of anilines is 1. The maximum atomic E-state index is 12.0. The minimum Gasteiger partial charge on any atom is -0.394 e. The largest absolute Gasteiger partial charge is 0.394 e. The molecule has 0 aliphatic carbocycles. The SMILES string of the molecule is CCc1cccc(C)c1N(C(=O)CCl)[C@@H](C)CO. The van der Waals surface area contributed by atoms with Crippen LogP contribution in [0.15, 0.2) is 18.2 Å². The molecule has 1 N–H and O–H groups in total. The average Bonchev–Trinajstić information content (AvgIpc) is 2.39. The number of benzene rings is 1. The van der Waals surface area contributed by atoms with Crippen molar-refractivity contribution in [1.29, 1.82) is 0 Å². The Morgan fingerprint density at radius 3 is 2.67 bits per heavy atom. The number of hydrogen-bond donors (Lipinski definition) is 1. The predicted molar refractivity (Wildman–Crippen MR) is 75.3 cm³/mol. The van der Waals surface area contributed by atoms with Gasteiger partial charge in [0.2, 0.25) is 5.91 Å². The van der Waals surface area contributed by atoms with E-state index in [-0.39, 0.29) is 24.4 Å². The van der Waals surface area contributed by atoms with Gasteiger partial charge in [0, 0.05) is 0 Å². The van der Waals surface area contributed by atoms with Gasteiger partial charge in [-0.2, -0.15) is 0 Å². The minimum absolute atomic E-state index is 0.0815. The number of aryl methyl sites for hydroxylation is 2. The van der Waals surface area contributed by atoms with Crippen LogP contribution in [0.4, 0.5) is 5.69 Å². The number of nitrogens with zero attached hydrogens (tertiary/aromatic N) is 1. The molecule has 0 spiro atoms. The highest BCUT2D eigenvalue weighted by atomic mass is 35.5. The molecule has 100 valence electrons. The van der Waals surface area contributed by atoms with Crippen LogP contribution in [0, 0.1) is 6.92 Å². The second-order valence-corrected chi connectivity index (χ2v) is 4.63. The number of aliphatic hydroxyl groups excluding tert-OH is 1. The lowest BCUT2D eigenvalue weighted by Gasteiger charge is -2.31. The van der Waals surface area contributed by atoms with Gasteiger partial charge in [-0.15, -0.1) is 11.6 Å². The normalized spacial score (nSPS) is 12.3. The van der Waals surface area contributed by atoms with Crippen LogP contribution in [0.5, 0.6) is 0 Å². The maximum absolute atomic E-state index is 12.0. The fourth-order valence-corrected chi connectivity index (χ4v) is 2.22. The molecule has 0 unspecified atom stereocenters. The molecule has 18 heavy (non-hydrogen) atoms. The lowest BCUT2D eigenvalue weighted by molar-refractivity contribution is -0.116. The summed E-state index contributed by atoms with van der Waals surface area (Å²) in [7, 11) is 0. The first-order valence-corrected chi connectivity index (χ1v) is 6.67. The van der Waals surface area contributed by atoms with E-state index in [1.54, 1.807) is 4.90 Å². The Kier molecular flexibility index (Phi) is 5.63. The van der Waals surface area contributed by atoms with Crippen LogP contribution in [-0.4, -0.2) is 29.5 Å². The number of para-hydroxylation sites is 1. The molecular formula is C14H20ClNO2. The molecule has 0 fully saturated rings. The first-order chi connectivity index (χ1) is 8.56. The van der Waals surface area contributed by atoms with Gasteiger partial charge in [-0.25, -0.2) is 0 Å². The molecule has 0 heterocycles. The summed E-state index contributed by atoms with van der Waals surface area (Å²) >= 11 is 5.67. The molecule has 0 aliphatic rings. The highest BCUT2D eigenvalue weighted by Crippen LogP contribution is 2.27. The monoisotopic (exact) mass is 269 g/mol.